The molecule has 43 heavy (non-hydrogen) atoms. The Bertz CT molecular complexity index is 2000. The number of rotatable bonds is 7. The maximum absolute atomic E-state index is 4.27. The third kappa shape index (κ3) is 5.22. The van der Waals surface area contributed by atoms with Gasteiger partial charge in [0.25, 0.3) is 0 Å². The van der Waals surface area contributed by atoms with Crippen molar-refractivity contribution in [1.82, 2.24) is 24.1 Å². The van der Waals surface area contributed by atoms with Gasteiger partial charge < -0.3 is 0 Å². The van der Waals surface area contributed by atoms with Crippen LogP contribution < -0.4 is 4.90 Å². The Kier molecular flexibility index (Phi) is 7.28. The van der Waals surface area contributed by atoms with E-state index >= 15 is 0 Å². The van der Waals surface area contributed by atoms with Crippen LogP contribution in [0, 0.1) is 3.80 Å². The van der Waals surface area contributed by atoms with Gasteiger partial charge in [-0.15, -0.1) is 0 Å². The van der Waals surface area contributed by atoms with Gasteiger partial charge in [-0.05, 0) is 0 Å². The van der Waals surface area contributed by atoms with Crippen LogP contribution in [0.3, 0.4) is 0 Å². The number of benzene rings is 5. The molecule has 0 atom stereocenters. The summed E-state index contributed by atoms with van der Waals surface area (Å²) >= 11 is 2.37. The van der Waals surface area contributed by atoms with Gasteiger partial charge in [-0.1, -0.05) is 0 Å². The van der Waals surface area contributed by atoms with Crippen molar-refractivity contribution in [1.29, 1.82) is 0 Å². The summed E-state index contributed by atoms with van der Waals surface area (Å²) in [5.74, 6) is 0. The van der Waals surface area contributed by atoms with Crippen molar-refractivity contribution >= 4 is 17.1 Å². The molecule has 0 radical (unpaired) electrons. The van der Waals surface area contributed by atoms with E-state index in [0.29, 0.717) is 0 Å². The Morgan fingerprint density at radius 2 is 1.19 bits per heavy atom. The zero-order valence-electron chi connectivity index (χ0n) is 23.4. The average Bonchev–Trinajstić information content (AvgIpc) is 3.73. The van der Waals surface area contributed by atoms with Gasteiger partial charge >= 0.3 is 262 Å². The van der Waals surface area contributed by atoms with Crippen LogP contribution in [0.1, 0.15) is 0 Å². The fourth-order valence-electron chi connectivity index (χ4n) is 5.43. The molecule has 212 valence electrons. The van der Waals surface area contributed by atoms with E-state index in [0.717, 1.165) is 54.5 Å². The van der Waals surface area contributed by atoms with Gasteiger partial charge in [-0.2, -0.15) is 0 Å². The predicted octanol–water partition coefficient (Wildman–Crippen LogP) is 8.28. The fraction of sp³-hybridized carbons (Fsp3) is 0.0278. The number of aromatic nitrogens is 5. The van der Waals surface area contributed by atoms with Crippen molar-refractivity contribution in [3.63, 3.8) is 0 Å². The summed E-state index contributed by atoms with van der Waals surface area (Å²) in [6.45, 7) is 0. The van der Waals surface area contributed by atoms with Crippen LogP contribution in [0.5, 0.6) is 0 Å². The second kappa shape index (κ2) is 11.7. The Morgan fingerprint density at radius 3 is 1.74 bits per heavy atom. The van der Waals surface area contributed by atoms with Crippen LogP contribution in [0.15, 0.2) is 152 Å². The summed E-state index contributed by atoms with van der Waals surface area (Å²) in [5, 5.41) is 8.32. The number of nitrogens with zero attached hydrogens (tertiary/aromatic N) is 6. The molecule has 0 spiro atoms. The van der Waals surface area contributed by atoms with Gasteiger partial charge in [0.05, 0.1) is 0 Å². The molecule has 0 bridgehead atoms. The minimum atomic E-state index is 0.932. The molecule has 0 saturated heterocycles. The SMILES string of the molecule is Cn1ccn(-c2cccc(N(c3cccc(-n4ccnn4)c3)c3c(-c4ccccc4)cccc3-c3ccccc3)c2)[c]1=[Pt]. The summed E-state index contributed by atoms with van der Waals surface area (Å²) in [6, 6.07) is 44.9. The van der Waals surface area contributed by atoms with Crippen LogP contribution in [-0.4, -0.2) is 24.1 Å². The first-order valence-electron chi connectivity index (χ1n) is 14.0. The number of hydrogen-bond donors (Lipinski definition) is 0. The van der Waals surface area contributed by atoms with E-state index in [1.54, 1.807) is 10.9 Å². The molecule has 7 aromatic rings. The van der Waals surface area contributed by atoms with Crippen molar-refractivity contribution in [3.05, 3.63) is 156 Å². The van der Waals surface area contributed by atoms with Crippen molar-refractivity contribution < 1.29 is 19.4 Å². The van der Waals surface area contributed by atoms with Gasteiger partial charge in [0.1, 0.15) is 0 Å². The number of hydrogen-bond acceptors (Lipinski definition) is 3. The second-order valence-corrected chi connectivity index (χ2v) is 11.2. The molecular formula is C36H28N6Pt. The number of imidazole rings is 1. The molecule has 5 aromatic carbocycles. The molecular weight excluding hydrogens is 712 g/mol. The van der Waals surface area contributed by atoms with E-state index in [1.807, 2.05) is 6.20 Å². The third-order valence-corrected chi connectivity index (χ3v) is 8.81. The zero-order valence-corrected chi connectivity index (χ0v) is 25.7. The normalized spacial score (nSPS) is 11.0. The molecule has 0 aliphatic rings. The number of aryl methyl sites for hydroxylation is 1. The van der Waals surface area contributed by atoms with Gasteiger partial charge in [0.2, 0.25) is 0 Å². The predicted molar refractivity (Wildman–Crippen MR) is 168 cm³/mol. The fourth-order valence-corrected chi connectivity index (χ4v) is 6.06. The van der Waals surface area contributed by atoms with E-state index in [2.05, 4.69) is 191 Å². The summed E-state index contributed by atoms with van der Waals surface area (Å²) in [4.78, 5) is 2.37. The Morgan fingerprint density at radius 1 is 0.605 bits per heavy atom. The van der Waals surface area contributed by atoms with Gasteiger partial charge in [0, 0.05) is 0 Å². The van der Waals surface area contributed by atoms with Crippen LogP contribution in [-0.2, 0) is 26.4 Å². The first kappa shape index (κ1) is 26.8. The van der Waals surface area contributed by atoms with Crippen LogP contribution in [0.2, 0.25) is 0 Å². The summed E-state index contributed by atoms with van der Waals surface area (Å²) < 4.78 is 7.23. The summed E-state index contributed by atoms with van der Waals surface area (Å²) in [7, 11) is 2.06. The number of para-hydroxylation sites is 1. The Balaban J connectivity index is 1.53. The monoisotopic (exact) mass is 739 g/mol. The van der Waals surface area contributed by atoms with Crippen LogP contribution in [0.25, 0.3) is 33.6 Å². The second-order valence-electron chi connectivity index (χ2n) is 10.2. The van der Waals surface area contributed by atoms with E-state index in [-0.39, 0.29) is 0 Å². The van der Waals surface area contributed by atoms with E-state index in [4.69, 9.17) is 0 Å². The molecule has 0 fully saturated rings. The third-order valence-electron chi connectivity index (χ3n) is 7.46. The molecule has 0 amide bonds. The maximum atomic E-state index is 4.27. The van der Waals surface area contributed by atoms with Gasteiger partial charge in [-0.3, -0.25) is 0 Å². The Labute approximate surface area is 261 Å². The summed E-state index contributed by atoms with van der Waals surface area (Å²) in [6.07, 6.45) is 7.74. The topological polar surface area (TPSA) is 43.8 Å². The van der Waals surface area contributed by atoms with E-state index in [9.17, 15) is 0 Å². The number of anilines is 3. The molecule has 0 unspecified atom stereocenters. The van der Waals surface area contributed by atoms with E-state index < -0.39 is 0 Å². The summed E-state index contributed by atoms with van der Waals surface area (Å²) in [5.41, 5.74) is 9.74. The van der Waals surface area contributed by atoms with Crippen LogP contribution in [0.4, 0.5) is 17.1 Å². The first-order chi connectivity index (χ1) is 21.2. The van der Waals surface area contributed by atoms with Gasteiger partial charge in [-0.25, -0.2) is 0 Å². The molecule has 7 heteroatoms. The van der Waals surface area contributed by atoms with E-state index in [1.165, 1.54) is 0 Å². The molecule has 0 aliphatic carbocycles. The molecule has 2 aromatic heterocycles. The van der Waals surface area contributed by atoms with Gasteiger partial charge in [0.15, 0.2) is 0 Å². The van der Waals surface area contributed by atoms with Crippen molar-refractivity contribution in [2.45, 2.75) is 0 Å². The zero-order chi connectivity index (χ0) is 29.2. The first-order valence-corrected chi connectivity index (χ1v) is 15.1. The molecule has 7 rings (SSSR count). The molecule has 0 N–H and O–H groups in total. The minimum absolute atomic E-state index is 0.932. The molecule has 2 heterocycles. The standard InChI is InChI=1S/C36H28N6.Pt/c1-39-23-24-40(27-39)30-15-8-17-32(25-30)42(33-18-9-16-31(26-33)41-22-21-37-38-41)36-34(28-11-4-2-5-12-28)19-10-20-35(36)29-13-6-3-7-14-29;/h2-26H,1H3;. The molecule has 6 nitrogen and oxygen atoms in total. The average molecular weight is 740 g/mol. The van der Waals surface area contributed by atoms with Crippen LogP contribution >= 0.6 is 0 Å². The molecule has 0 aliphatic heterocycles. The molecule has 0 saturated carbocycles. The Hall–Kier alpha value is -5.06. The van der Waals surface area contributed by atoms with Crippen molar-refractivity contribution in [2.24, 2.45) is 7.05 Å². The van der Waals surface area contributed by atoms with Crippen molar-refractivity contribution in [3.8, 4) is 33.6 Å². The quantitative estimate of drug-likeness (QED) is 0.165. The van der Waals surface area contributed by atoms with Crippen molar-refractivity contribution in [2.75, 3.05) is 4.90 Å².